The number of hydrogen-bond donors (Lipinski definition) is 4. The number of benzene rings is 1. The molecule has 4 N–H and O–H groups in total. The van der Waals surface area contributed by atoms with Gasteiger partial charge in [0.2, 0.25) is 0 Å². The topological polar surface area (TPSA) is 112 Å². The van der Waals surface area contributed by atoms with Crippen LogP contribution in [0.4, 0.5) is 14.0 Å². The van der Waals surface area contributed by atoms with Crippen molar-refractivity contribution in [3.8, 4) is 0 Å². The Labute approximate surface area is 219 Å². The summed E-state index contributed by atoms with van der Waals surface area (Å²) >= 11 is 0. The molecule has 0 spiro atoms. The number of carbonyl (C=O) groups excluding carboxylic acids is 1. The van der Waals surface area contributed by atoms with E-state index in [0.717, 1.165) is 38.5 Å². The molecule has 1 aromatic carbocycles. The molecule has 1 saturated carbocycles. The summed E-state index contributed by atoms with van der Waals surface area (Å²) in [4.78, 5) is 25.9. The zero-order chi connectivity index (χ0) is 26.7. The largest absolute Gasteiger partial charge is 0.465 e. The molecule has 0 bridgehead atoms. The van der Waals surface area contributed by atoms with E-state index in [1.165, 1.54) is 25.0 Å². The number of rotatable bonds is 13. The number of amides is 3. The molecule has 1 saturated heterocycles. The number of carboxylic acid groups (broad SMARTS) is 1. The van der Waals surface area contributed by atoms with Gasteiger partial charge in [0, 0.05) is 45.2 Å². The number of nitrogens with one attached hydrogen (secondary N) is 3. The Hall–Kier alpha value is -2.43. The van der Waals surface area contributed by atoms with Crippen LogP contribution in [0.5, 0.6) is 0 Å². The average molecular weight is 523 g/mol. The van der Waals surface area contributed by atoms with Crippen molar-refractivity contribution in [3.63, 3.8) is 0 Å². The SMILES string of the molecule is CNC[C@H](CCC1(OC)CCCC1)NC(=O)N1CCC[C@@H](C(OCCNC(=O)O)c2cccc(F)c2)C1. The van der Waals surface area contributed by atoms with Crippen molar-refractivity contribution in [1.29, 1.82) is 0 Å². The lowest BCUT2D eigenvalue weighted by atomic mass is 9.88. The third-order valence-corrected chi connectivity index (χ3v) is 7.70. The van der Waals surface area contributed by atoms with Crippen LogP contribution < -0.4 is 16.0 Å². The van der Waals surface area contributed by atoms with Crippen molar-refractivity contribution >= 4 is 12.1 Å². The molecule has 1 heterocycles. The van der Waals surface area contributed by atoms with Gasteiger partial charge in [-0.25, -0.2) is 14.0 Å². The lowest BCUT2D eigenvalue weighted by Gasteiger charge is -2.38. The van der Waals surface area contributed by atoms with Gasteiger partial charge in [-0.1, -0.05) is 25.0 Å². The monoisotopic (exact) mass is 522 g/mol. The Morgan fingerprint density at radius 2 is 2.05 bits per heavy atom. The molecule has 1 aliphatic carbocycles. The molecule has 37 heavy (non-hydrogen) atoms. The summed E-state index contributed by atoms with van der Waals surface area (Å²) in [6.07, 6.45) is 6.34. The minimum absolute atomic E-state index is 0.0112. The van der Waals surface area contributed by atoms with Gasteiger partial charge in [-0.05, 0) is 63.3 Å². The van der Waals surface area contributed by atoms with E-state index in [1.807, 2.05) is 18.0 Å². The predicted octanol–water partition coefficient (Wildman–Crippen LogP) is 3.90. The second-order valence-corrected chi connectivity index (χ2v) is 10.3. The first-order valence-electron chi connectivity index (χ1n) is 13.4. The van der Waals surface area contributed by atoms with E-state index in [4.69, 9.17) is 14.6 Å². The highest BCUT2D eigenvalue weighted by Crippen LogP contribution is 2.37. The molecule has 208 valence electrons. The number of ether oxygens (including phenoxy) is 2. The second kappa shape index (κ2) is 14.5. The number of hydrogen-bond acceptors (Lipinski definition) is 5. The summed E-state index contributed by atoms with van der Waals surface area (Å²) in [5.74, 6) is -0.393. The fourth-order valence-electron chi connectivity index (χ4n) is 5.72. The first-order chi connectivity index (χ1) is 17.9. The van der Waals surface area contributed by atoms with Gasteiger partial charge in [0.1, 0.15) is 5.82 Å². The van der Waals surface area contributed by atoms with Gasteiger partial charge >= 0.3 is 12.1 Å². The van der Waals surface area contributed by atoms with E-state index in [2.05, 4.69) is 16.0 Å². The first-order valence-corrected chi connectivity index (χ1v) is 13.4. The Bertz CT molecular complexity index is 867. The van der Waals surface area contributed by atoms with Gasteiger partial charge in [0.15, 0.2) is 0 Å². The molecule has 1 aliphatic heterocycles. The van der Waals surface area contributed by atoms with Gasteiger partial charge in [-0.2, -0.15) is 0 Å². The molecule has 3 rings (SSSR count). The molecule has 1 aromatic rings. The van der Waals surface area contributed by atoms with Crippen LogP contribution >= 0.6 is 0 Å². The second-order valence-electron chi connectivity index (χ2n) is 10.3. The fraction of sp³-hybridized carbons (Fsp3) is 0.704. The summed E-state index contributed by atoms with van der Waals surface area (Å²) in [6, 6.07) is 6.18. The van der Waals surface area contributed by atoms with Crippen LogP contribution in [0.25, 0.3) is 0 Å². The van der Waals surface area contributed by atoms with Gasteiger partial charge in [0.05, 0.1) is 18.3 Å². The van der Waals surface area contributed by atoms with Crippen molar-refractivity contribution < 1.29 is 28.6 Å². The van der Waals surface area contributed by atoms with Crippen molar-refractivity contribution in [2.24, 2.45) is 5.92 Å². The van der Waals surface area contributed by atoms with Crippen LogP contribution in [-0.4, -0.2) is 80.7 Å². The highest BCUT2D eigenvalue weighted by Gasteiger charge is 2.35. The molecular formula is C27H43FN4O5. The summed E-state index contributed by atoms with van der Waals surface area (Å²) in [6.45, 7) is 2.09. The quantitative estimate of drug-likeness (QED) is 0.293. The number of piperidine rings is 1. The van der Waals surface area contributed by atoms with Crippen LogP contribution in [0.1, 0.15) is 63.0 Å². The van der Waals surface area contributed by atoms with E-state index in [-0.39, 0.29) is 42.6 Å². The van der Waals surface area contributed by atoms with Gasteiger partial charge in [0.25, 0.3) is 0 Å². The lowest BCUT2D eigenvalue weighted by Crippen LogP contribution is -2.51. The minimum Gasteiger partial charge on any atom is -0.465 e. The van der Waals surface area contributed by atoms with E-state index >= 15 is 0 Å². The molecule has 2 fully saturated rings. The van der Waals surface area contributed by atoms with Crippen molar-refractivity contribution in [2.75, 3.05) is 46.9 Å². The normalized spacial score (nSPS) is 20.8. The van der Waals surface area contributed by atoms with Crippen molar-refractivity contribution in [1.82, 2.24) is 20.9 Å². The lowest BCUT2D eigenvalue weighted by molar-refractivity contribution is -0.0151. The summed E-state index contributed by atoms with van der Waals surface area (Å²) in [5.41, 5.74) is 0.620. The third kappa shape index (κ3) is 8.83. The van der Waals surface area contributed by atoms with Crippen molar-refractivity contribution in [3.05, 3.63) is 35.6 Å². The molecule has 3 atom stereocenters. The van der Waals surface area contributed by atoms with Crippen LogP contribution in [0.3, 0.4) is 0 Å². The summed E-state index contributed by atoms with van der Waals surface area (Å²) in [7, 11) is 3.68. The molecule has 3 amide bonds. The van der Waals surface area contributed by atoms with Gasteiger partial charge in [-0.15, -0.1) is 0 Å². The van der Waals surface area contributed by atoms with E-state index in [1.54, 1.807) is 13.2 Å². The van der Waals surface area contributed by atoms with Crippen molar-refractivity contribution in [2.45, 2.75) is 69.1 Å². The van der Waals surface area contributed by atoms with Gasteiger partial charge in [-0.3, -0.25) is 0 Å². The maximum Gasteiger partial charge on any atom is 0.404 e. The van der Waals surface area contributed by atoms with Gasteiger partial charge < -0.3 is 35.4 Å². The summed E-state index contributed by atoms with van der Waals surface area (Å²) < 4.78 is 25.9. The number of methoxy groups -OCH3 is 1. The first kappa shape index (κ1) is 29.1. The van der Waals surface area contributed by atoms with E-state index in [0.29, 0.717) is 25.2 Å². The van der Waals surface area contributed by atoms with Crippen LogP contribution in [-0.2, 0) is 9.47 Å². The molecule has 0 aromatic heterocycles. The molecule has 2 aliphatic rings. The maximum atomic E-state index is 14.0. The van der Waals surface area contributed by atoms with Crippen LogP contribution in [0.2, 0.25) is 0 Å². The Morgan fingerprint density at radius 3 is 2.73 bits per heavy atom. The highest BCUT2D eigenvalue weighted by molar-refractivity contribution is 5.74. The molecule has 1 unspecified atom stereocenters. The number of urea groups is 1. The third-order valence-electron chi connectivity index (χ3n) is 7.70. The number of halogens is 1. The predicted molar refractivity (Wildman–Crippen MR) is 139 cm³/mol. The Kier molecular flexibility index (Phi) is 11.4. The maximum absolute atomic E-state index is 14.0. The number of likely N-dealkylation sites (tertiary alicyclic amines) is 1. The number of nitrogens with zero attached hydrogens (tertiary/aromatic N) is 1. The molecule has 9 nitrogen and oxygen atoms in total. The zero-order valence-electron chi connectivity index (χ0n) is 22.1. The number of carbonyl (C=O) groups is 2. The highest BCUT2D eigenvalue weighted by atomic mass is 19.1. The number of likely N-dealkylation sites (N-methyl/N-ethyl adjacent to an activating group) is 1. The zero-order valence-corrected chi connectivity index (χ0v) is 22.1. The Balaban J connectivity index is 1.62. The fourth-order valence-corrected chi connectivity index (χ4v) is 5.72. The molecule has 10 heteroatoms. The minimum atomic E-state index is -1.12. The standard InChI is InChI=1S/C27H43FN4O5/c1-29-18-23(10-13-27(36-2)11-3-4-12-27)31-25(33)32-15-6-8-21(19-32)24(37-16-14-30-26(34)35)20-7-5-9-22(28)17-20/h5,7,9,17,21,23-24,29-30H,3-4,6,8,10-16,18-19H2,1-2H3,(H,31,33)(H,34,35)/t21-,23+,24?/m1/s1. The Morgan fingerprint density at radius 1 is 1.27 bits per heavy atom. The van der Waals surface area contributed by atoms with Crippen LogP contribution in [0, 0.1) is 11.7 Å². The van der Waals surface area contributed by atoms with E-state index in [9.17, 15) is 14.0 Å². The van der Waals surface area contributed by atoms with E-state index < -0.39 is 12.2 Å². The molecular weight excluding hydrogens is 479 g/mol. The summed E-state index contributed by atoms with van der Waals surface area (Å²) in [5, 5.41) is 17.5. The molecule has 0 radical (unpaired) electrons. The smallest absolute Gasteiger partial charge is 0.404 e. The average Bonchev–Trinajstić information content (AvgIpc) is 3.37. The van der Waals surface area contributed by atoms with Crippen LogP contribution in [0.15, 0.2) is 24.3 Å².